The third-order valence-corrected chi connectivity index (χ3v) is 3.02. The second-order valence-electron chi connectivity index (χ2n) is 4.75. The Bertz CT molecular complexity index is 590. The van der Waals surface area contributed by atoms with Crippen molar-refractivity contribution in [2.24, 2.45) is 0 Å². The second-order valence-corrected chi connectivity index (χ2v) is 4.75. The highest BCUT2D eigenvalue weighted by molar-refractivity contribution is 5.93. The zero-order valence-electron chi connectivity index (χ0n) is 12.6. The van der Waals surface area contributed by atoms with E-state index in [1.54, 1.807) is 31.8 Å². The topological polar surface area (TPSA) is 76.1 Å². The second kappa shape index (κ2) is 8.74. The fourth-order valence-electron chi connectivity index (χ4n) is 1.88. The lowest BCUT2D eigenvalue weighted by Crippen LogP contribution is -2.26. The van der Waals surface area contributed by atoms with E-state index in [1.165, 1.54) is 0 Å². The summed E-state index contributed by atoms with van der Waals surface area (Å²) >= 11 is 0. The van der Waals surface area contributed by atoms with Crippen LogP contribution in [-0.2, 0) is 11.3 Å². The van der Waals surface area contributed by atoms with Gasteiger partial charge in [-0.25, -0.2) is 0 Å². The lowest BCUT2D eigenvalue weighted by Gasteiger charge is -2.08. The maximum absolute atomic E-state index is 12.0. The van der Waals surface area contributed by atoms with Crippen LogP contribution in [0.5, 0.6) is 0 Å². The Kier molecular flexibility index (Phi) is 6.32. The van der Waals surface area contributed by atoms with Crippen LogP contribution in [0.15, 0.2) is 42.9 Å². The maximum Gasteiger partial charge on any atom is 0.269 e. The van der Waals surface area contributed by atoms with Crippen LogP contribution >= 0.6 is 0 Å². The molecular weight excluding hydrogens is 280 g/mol. The number of ether oxygens (including phenoxy) is 1. The van der Waals surface area contributed by atoms with Gasteiger partial charge in [-0.3, -0.25) is 14.8 Å². The van der Waals surface area contributed by atoms with Crippen molar-refractivity contribution in [3.8, 4) is 0 Å². The van der Waals surface area contributed by atoms with Crippen molar-refractivity contribution in [1.82, 2.24) is 15.3 Å². The number of nitrogens with zero attached hydrogens (tertiary/aromatic N) is 2. The summed E-state index contributed by atoms with van der Waals surface area (Å²) in [7, 11) is 1.64. The SMILES string of the molecule is COCCCNC(=O)c1cc(NCc2cccnc2)ccn1. The fourth-order valence-corrected chi connectivity index (χ4v) is 1.88. The van der Waals surface area contributed by atoms with E-state index in [-0.39, 0.29) is 5.91 Å². The minimum atomic E-state index is -0.180. The first kappa shape index (κ1) is 15.9. The molecule has 0 unspecified atom stereocenters. The number of pyridine rings is 2. The highest BCUT2D eigenvalue weighted by Gasteiger charge is 2.07. The zero-order chi connectivity index (χ0) is 15.6. The molecule has 0 aliphatic heterocycles. The molecule has 0 saturated carbocycles. The first-order valence-corrected chi connectivity index (χ1v) is 7.15. The Morgan fingerprint density at radius 3 is 3.00 bits per heavy atom. The number of carbonyl (C=O) groups excluding carboxylic acids is 1. The Balaban J connectivity index is 1.87. The highest BCUT2D eigenvalue weighted by Crippen LogP contribution is 2.10. The summed E-state index contributed by atoms with van der Waals surface area (Å²) in [5, 5.41) is 6.07. The average Bonchev–Trinajstić information content (AvgIpc) is 2.58. The lowest BCUT2D eigenvalue weighted by molar-refractivity contribution is 0.0943. The first-order valence-electron chi connectivity index (χ1n) is 7.15. The van der Waals surface area contributed by atoms with E-state index in [0.29, 0.717) is 25.4 Å². The number of hydrogen-bond donors (Lipinski definition) is 2. The van der Waals surface area contributed by atoms with Gasteiger partial charge in [-0.05, 0) is 30.2 Å². The molecular formula is C16H20N4O2. The summed E-state index contributed by atoms with van der Waals surface area (Å²) in [5.41, 5.74) is 2.32. The summed E-state index contributed by atoms with van der Waals surface area (Å²) in [5.74, 6) is -0.180. The summed E-state index contributed by atoms with van der Waals surface area (Å²) < 4.78 is 4.94. The highest BCUT2D eigenvalue weighted by atomic mass is 16.5. The summed E-state index contributed by atoms with van der Waals surface area (Å²) in [6.45, 7) is 1.84. The van der Waals surface area contributed by atoms with Gasteiger partial charge in [0.25, 0.3) is 5.91 Å². The number of nitrogens with one attached hydrogen (secondary N) is 2. The van der Waals surface area contributed by atoms with Crippen LogP contribution in [-0.4, -0.2) is 36.1 Å². The molecule has 0 aromatic carbocycles. The third kappa shape index (κ3) is 5.14. The van der Waals surface area contributed by atoms with Crippen molar-refractivity contribution >= 4 is 11.6 Å². The van der Waals surface area contributed by atoms with Crippen molar-refractivity contribution in [2.75, 3.05) is 25.6 Å². The quantitative estimate of drug-likeness (QED) is 0.728. The molecule has 0 radical (unpaired) electrons. The number of amides is 1. The van der Waals surface area contributed by atoms with Crippen molar-refractivity contribution < 1.29 is 9.53 Å². The predicted molar refractivity (Wildman–Crippen MR) is 84.6 cm³/mol. The molecule has 0 spiro atoms. The van der Waals surface area contributed by atoms with Crippen LogP contribution in [0, 0.1) is 0 Å². The van der Waals surface area contributed by atoms with E-state index in [1.807, 2.05) is 18.2 Å². The monoisotopic (exact) mass is 300 g/mol. The van der Waals surface area contributed by atoms with Gasteiger partial charge in [0.2, 0.25) is 0 Å². The van der Waals surface area contributed by atoms with Crippen LogP contribution in [0.1, 0.15) is 22.5 Å². The maximum atomic E-state index is 12.0. The van der Waals surface area contributed by atoms with Gasteiger partial charge in [0, 0.05) is 51.1 Å². The van der Waals surface area contributed by atoms with Crippen molar-refractivity contribution in [1.29, 1.82) is 0 Å². The summed E-state index contributed by atoms with van der Waals surface area (Å²) in [4.78, 5) is 20.1. The minimum absolute atomic E-state index is 0.180. The van der Waals surface area contributed by atoms with E-state index >= 15 is 0 Å². The summed E-state index contributed by atoms with van der Waals surface area (Å²) in [6.07, 6.45) is 5.94. The Morgan fingerprint density at radius 1 is 1.32 bits per heavy atom. The molecule has 2 aromatic heterocycles. The Hall–Kier alpha value is -2.47. The van der Waals surface area contributed by atoms with Crippen LogP contribution in [0.4, 0.5) is 5.69 Å². The Morgan fingerprint density at radius 2 is 2.23 bits per heavy atom. The smallest absolute Gasteiger partial charge is 0.269 e. The predicted octanol–water partition coefficient (Wildman–Crippen LogP) is 1.85. The number of hydrogen-bond acceptors (Lipinski definition) is 5. The molecule has 0 fully saturated rings. The number of methoxy groups -OCH3 is 1. The van der Waals surface area contributed by atoms with E-state index in [9.17, 15) is 4.79 Å². The fraction of sp³-hybridized carbons (Fsp3) is 0.312. The van der Waals surface area contributed by atoms with E-state index in [0.717, 1.165) is 17.7 Å². The van der Waals surface area contributed by atoms with Gasteiger partial charge in [0.05, 0.1) is 0 Å². The molecule has 0 bridgehead atoms. The van der Waals surface area contributed by atoms with Crippen molar-refractivity contribution in [3.05, 3.63) is 54.1 Å². The van der Waals surface area contributed by atoms with Gasteiger partial charge >= 0.3 is 0 Å². The van der Waals surface area contributed by atoms with Gasteiger partial charge in [-0.2, -0.15) is 0 Å². The molecule has 116 valence electrons. The van der Waals surface area contributed by atoms with Crippen LogP contribution in [0.3, 0.4) is 0 Å². The molecule has 2 heterocycles. The number of carbonyl (C=O) groups is 1. The molecule has 2 rings (SSSR count). The number of anilines is 1. The molecule has 2 N–H and O–H groups in total. The molecule has 22 heavy (non-hydrogen) atoms. The normalized spacial score (nSPS) is 10.2. The first-order chi connectivity index (χ1) is 10.8. The molecule has 2 aromatic rings. The van der Waals surface area contributed by atoms with Gasteiger partial charge in [-0.1, -0.05) is 6.07 Å². The van der Waals surface area contributed by atoms with Gasteiger partial charge in [0.1, 0.15) is 5.69 Å². The number of aromatic nitrogens is 2. The molecule has 6 nitrogen and oxygen atoms in total. The summed E-state index contributed by atoms with van der Waals surface area (Å²) in [6, 6.07) is 7.45. The van der Waals surface area contributed by atoms with Crippen LogP contribution in [0.25, 0.3) is 0 Å². The third-order valence-electron chi connectivity index (χ3n) is 3.02. The van der Waals surface area contributed by atoms with Gasteiger partial charge in [0.15, 0.2) is 0 Å². The van der Waals surface area contributed by atoms with E-state index in [4.69, 9.17) is 4.74 Å². The minimum Gasteiger partial charge on any atom is -0.385 e. The van der Waals surface area contributed by atoms with E-state index in [2.05, 4.69) is 20.6 Å². The molecule has 0 atom stereocenters. The number of rotatable bonds is 8. The van der Waals surface area contributed by atoms with Crippen molar-refractivity contribution in [2.45, 2.75) is 13.0 Å². The standard InChI is InChI=1S/C16H20N4O2/c1-22-9-3-7-19-16(21)15-10-14(5-8-18-15)20-12-13-4-2-6-17-11-13/h2,4-6,8,10-11H,3,7,9,12H2,1H3,(H,18,20)(H,19,21). The van der Waals surface area contributed by atoms with Crippen molar-refractivity contribution in [3.63, 3.8) is 0 Å². The van der Waals surface area contributed by atoms with E-state index < -0.39 is 0 Å². The molecule has 0 saturated heterocycles. The lowest BCUT2D eigenvalue weighted by atomic mass is 10.2. The van der Waals surface area contributed by atoms with Gasteiger partial charge < -0.3 is 15.4 Å². The molecule has 6 heteroatoms. The molecule has 0 aliphatic rings. The van der Waals surface area contributed by atoms with Crippen LogP contribution in [0.2, 0.25) is 0 Å². The van der Waals surface area contributed by atoms with Gasteiger partial charge in [-0.15, -0.1) is 0 Å². The molecule has 0 aliphatic carbocycles. The Labute approximate surface area is 129 Å². The molecule has 1 amide bonds. The average molecular weight is 300 g/mol. The zero-order valence-corrected chi connectivity index (χ0v) is 12.6. The van der Waals surface area contributed by atoms with Crippen LogP contribution < -0.4 is 10.6 Å². The largest absolute Gasteiger partial charge is 0.385 e.